The van der Waals surface area contributed by atoms with Crippen molar-refractivity contribution in [3.05, 3.63) is 94.8 Å². The van der Waals surface area contributed by atoms with Crippen molar-refractivity contribution in [3.8, 4) is 11.5 Å². The van der Waals surface area contributed by atoms with E-state index in [1.165, 1.54) is 18.2 Å². The molecule has 1 aliphatic heterocycles. The number of carboxylic acid groups (broad SMARTS) is 1. The Morgan fingerprint density at radius 2 is 1.76 bits per heavy atom. The summed E-state index contributed by atoms with van der Waals surface area (Å²) in [6, 6.07) is 18.6. The number of rotatable bonds is 8. The zero-order valence-corrected chi connectivity index (χ0v) is 18.9. The normalized spacial score (nSPS) is 14.9. The van der Waals surface area contributed by atoms with Gasteiger partial charge in [-0.3, -0.25) is 4.79 Å². The van der Waals surface area contributed by atoms with E-state index in [0.717, 1.165) is 22.4 Å². The molecule has 0 saturated heterocycles. The summed E-state index contributed by atoms with van der Waals surface area (Å²) < 4.78 is 25.6. The first-order valence-electron chi connectivity index (χ1n) is 11.1. The van der Waals surface area contributed by atoms with Crippen molar-refractivity contribution in [2.75, 3.05) is 19.8 Å². The van der Waals surface area contributed by atoms with Gasteiger partial charge in [0.2, 0.25) is 5.91 Å². The number of nitrogens with zero attached hydrogens (tertiary/aromatic N) is 1. The Balaban J connectivity index is 1.62. The summed E-state index contributed by atoms with van der Waals surface area (Å²) in [5, 5.41) is 9.06. The van der Waals surface area contributed by atoms with E-state index in [1.54, 1.807) is 4.90 Å². The molecule has 34 heavy (non-hydrogen) atoms. The highest BCUT2D eigenvalue weighted by Gasteiger charge is 2.34. The number of aryl methyl sites for hydroxylation is 1. The smallest absolute Gasteiger partial charge is 0.341 e. The number of carbonyl (C=O) groups excluding carboxylic acids is 1. The fourth-order valence-corrected chi connectivity index (χ4v) is 4.28. The van der Waals surface area contributed by atoms with Gasteiger partial charge >= 0.3 is 5.97 Å². The van der Waals surface area contributed by atoms with Crippen molar-refractivity contribution in [1.29, 1.82) is 0 Å². The third-order valence-electron chi connectivity index (χ3n) is 5.89. The molecule has 4 rings (SSSR count). The molecule has 0 aromatic heterocycles. The maximum Gasteiger partial charge on any atom is 0.341 e. The quantitative estimate of drug-likeness (QED) is 0.531. The predicted octanol–water partition coefficient (Wildman–Crippen LogP) is 4.54. The van der Waals surface area contributed by atoms with Crippen LogP contribution in [0.15, 0.2) is 66.7 Å². The molecule has 6 nitrogen and oxygen atoms in total. The topological polar surface area (TPSA) is 76.1 Å². The van der Waals surface area contributed by atoms with Gasteiger partial charge in [-0.15, -0.1) is 0 Å². The fourth-order valence-electron chi connectivity index (χ4n) is 4.28. The van der Waals surface area contributed by atoms with Gasteiger partial charge in [-0.1, -0.05) is 42.5 Å². The van der Waals surface area contributed by atoms with Crippen LogP contribution in [0, 0.1) is 12.7 Å². The van der Waals surface area contributed by atoms with Crippen molar-refractivity contribution in [2.24, 2.45) is 0 Å². The van der Waals surface area contributed by atoms with Crippen molar-refractivity contribution in [2.45, 2.75) is 25.8 Å². The summed E-state index contributed by atoms with van der Waals surface area (Å²) in [6.07, 6.45) is 0.811. The van der Waals surface area contributed by atoms with Crippen molar-refractivity contribution < 1.29 is 28.6 Å². The van der Waals surface area contributed by atoms with Crippen molar-refractivity contribution >= 4 is 11.9 Å². The zero-order chi connectivity index (χ0) is 24.1. The van der Waals surface area contributed by atoms with E-state index in [0.29, 0.717) is 18.5 Å². The van der Waals surface area contributed by atoms with Gasteiger partial charge in [0.05, 0.1) is 19.1 Å². The molecule has 0 bridgehead atoms. The number of hydrogen-bond acceptors (Lipinski definition) is 4. The second kappa shape index (κ2) is 10.4. The molecule has 0 saturated carbocycles. The lowest BCUT2D eigenvalue weighted by Crippen LogP contribution is -2.41. The second-order valence-corrected chi connectivity index (χ2v) is 8.17. The van der Waals surface area contributed by atoms with Crippen LogP contribution in [0.25, 0.3) is 0 Å². The Kier molecular flexibility index (Phi) is 7.11. The van der Waals surface area contributed by atoms with Gasteiger partial charge in [-0.05, 0) is 54.3 Å². The maximum atomic E-state index is 14.3. The molecule has 1 unspecified atom stereocenters. The molecule has 176 valence electrons. The highest BCUT2D eigenvalue weighted by Crippen LogP contribution is 2.40. The number of para-hydroxylation sites is 1. The van der Waals surface area contributed by atoms with E-state index >= 15 is 0 Å². The van der Waals surface area contributed by atoms with Gasteiger partial charge < -0.3 is 19.5 Å². The molecule has 0 fully saturated rings. The Morgan fingerprint density at radius 3 is 2.56 bits per heavy atom. The third kappa shape index (κ3) is 5.20. The summed E-state index contributed by atoms with van der Waals surface area (Å²) >= 11 is 0. The van der Waals surface area contributed by atoms with E-state index < -0.39 is 24.4 Å². The van der Waals surface area contributed by atoms with Gasteiger partial charge in [0.1, 0.15) is 17.3 Å². The van der Waals surface area contributed by atoms with Gasteiger partial charge in [0.25, 0.3) is 0 Å². The number of aliphatic carboxylic acids is 1. The van der Waals surface area contributed by atoms with E-state index in [1.807, 2.05) is 55.5 Å². The number of halogens is 1. The van der Waals surface area contributed by atoms with Gasteiger partial charge in [-0.25, -0.2) is 9.18 Å². The zero-order valence-electron chi connectivity index (χ0n) is 18.9. The molecule has 1 N–H and O–H groups in total. The number of ether oxygens (including phenoxy) is 2. The average Bonchev–Trinajstić information content (AvgIpc) is 2.83. The maximum absolute atomic E-state index is 14.3. The fraction of sp³-hybridized carbons (Fsp3) is 0.259. The van der Waals surface area contributed by atoms with E-state index in [9.17, 15) is 14.0 Å². The molecule has 1 amide bonds. The molecule has 0 aliphatic carbocycles. The van der Waals surface area contributed by atoms with Crippen molar-refractivity contribution in [3.63, 3.8) is 0 Å². The van der Waals surface area contributed by atoms with E-state index in [-0.39, 0.29) is 24.7 Å². The molecule has 3 aromatic rings. The first-order valence-corrected chi connectivity index (χ1v) is 11.1. The first kappa shape index (κ1) is 23.3. The Bertz CT molecular complexity index is 1200. The molecule has 0 spiro atoms. The second-order valence-electron chi connectivity index (χ2n) is 8.17. The number of amides is 1. The Labute approximate surface area is 197 Å². The number of carbonyl (C=O) groups is 2. The predicted molar refractivity (Wildman–Crippen MR) is 125 cm³/mol. The minimum Gasteiger partial charge on any atom is -0.493 e. The summed E-state index contributed by atoms with van der Waals surface area (Å²) in [7, 11) is 0. The van der Waals surface area contributed by atoms with Crippen LogP contribution in [0.2, 0.25) is 0 Å². The summed E-state index contributed by atoms with van der Waals surface area (Å²) in [5.41, 5.74) is 3.33. The molecule has 1 atom stereocenters. The molecule has 0 radical (unpaired) electrons. The summed E-state index contributed by atoms with van der Waals surface area (Å²) in [6.45, 7) is 2.03. The van der Waals surface area contributed by atoms with Gasteiger partial charge in [0, 0.05) is 12.1 Å². The highest BCUT2D eigenvalue weighted by molar-refractivity contribution is 5.78. The van der Waals surface area contributed by atoms with Crippen molar-refractivity contribution in [1.82, 2.24) is 4.90 Å². The molecular weight excluding hydrogens is 437 g/mol. The van der Waals surface area contributed by atoms with Gasteiger partial charge in [0.15, 0.2) is 6.61 Å². The average molecular weight is 464 g/mol. The number of benzene rings is 3. The minimum absolute atomic E-state index is 0.137. The largest absolute Gasteiger partial charge is 0.493 e. The van der Waals surface area contributed by atoms with Crippen LogP contribution in [-0.2, 0) is 16.0 Å². The highest BCUT2D eigenvalue weighted by atomic mass is 19.1. The minimum atomic E-state index is -1.14. The molecule has 1 aliphatic rings. The lowest BCUT2D eigenvalue weighted by Gasteiger charge is -2.38. The van der Waals surface area contributed by atoms with E-state index in [2.05, 4.69) is 0 Å². The van der Waals surface area contributed by atoms with Crippen LogP contribution in [0.1, 0.15) is 34.7 Å². The van der Waals surface area contributed by atoms with Crippen LogP contribution >= 0.6 is 0 Å². The summed E-state index contributed by atoms with van der Waals surface area (Å²) in [5.74, 6) is -0.803. The number of carboxylic acids is 1. The summed E-state index contributed by atoms with van der Waals surface area (Å²) in [4.78, 5) is 26.1. The Morgan fingerprint density at radius 1 is 1.00 bits per heavy atom. The number of hydrogen-bond donors (Lipinski definition) is 1. The molecule has 3 aromatic carbocycles. The molecular formula is C27H26FNO5. The van der Waals surface area contributed by atoms with E-state index in [4.69, 9.17) is 14.6 Å². The standard InChI is InChI=1S/C27H26FNO5/c1-18-6-2-5-9-23(18)33-15-13-25(30)29-14-12-19-7-3-4-8-21(19)27(29)22-16-20(28)10-11-24(22)34-17-26(31)32/h2-11,16,27H,12-15,17H2,1H3,(H,31,32). The SMILES string of the molecule is Cc1ccccc1OCCC(=O)N1CCc2ccccc2C1c1cc(F)ccc1OCC(=O)O. The first-order chi connectivity index (χ1) is 16.4. The molecule has 7 heteroatoms. The Hall–Kier alpha value is -3.87. The van der Waals surface area contributed by atoms with Crippen LogP contribution < -0.4 is 9.47 Å². The lowest BCUT2D eigenvalue weighted by molar-refractivity contribution is -0.139. The van der Waals surface area contributed by atoms with Crippen LogP contribution in [0.3, 0.4) is 0 Å². The van der Waals surface area contributed by atoms with Crippen LogP contribution in [-0.4, -0.2) is 41.6 Å². The monoisotopic (exact) mass is 463 g/mol. The molecule has 1 heterocycles. The third-order valence-corrected chi connectivity index (χ3v) is 5.89. The number of fused-ring (bicyclic) bond motifs is 1. The lowest BCUT2D eigenvalue weighted by atomic mass is 9.87. The van der Waals surface area contributed by atoms with Crippen LogP contribution in [0.5, 0.6) is 11.5 Å². The van der Waals surface area contributed by atoms with Gasteiger partial charge in [-0.2, -0.15) is 0 Å². The van der Waals surface area contributed by atoms with Crippen LogP contribution in [0.4, 0.5) is 4.39 Å².